The predicted octanol–water partition coefficient (Wildman–Crippen LogP) is 2.20. The topological polar surface area (TPSA) is 66.0 Å². The van der Waals surface area contributed by atoms with Gasteiger partial charge in [-0.1, -0.05) is 23.7 Å². The maximum absolute atomic E-state index is 11.8. The van der Waals surface area contributed by atoms with Gasteiger partial charge in [-0.15, -0.1) is 0 Å². The molecule has 0 spiro atoms. The molecule has 0 saturated carbocycles. The minimum absolute atomic E-state index is 0.0301. The van der Waals surface area contributed by atoms with Crippen LogP contribution in [0.2, 0.25) is 5.02 Å². The highest BCUT2D eigenvalue weighted by atomic mass is 35.5. The van der Waals surface area contributed by atoms with Crippen LogP contribution in [-0.4, -0.2) is 56.7 Å². The van der Waals surface area contributed by atoms with Crippen LogP contribution in [0.1, 0.15) is 31.4 Å². The van der Waals surface area contributed by atoms with Gasteiger partial charge in [-0.3, -0.25) is 4.79 Å². The minimum Gasteiger partial charge on any atom is -0.376 e. The number of hydrogen-bond donors (Lipinski definition) is 2. The average Bonchev–Trinajstić information content (AvgIpc) is 3.10. The number of rotatable bonds is 6. The van der Waals surface area contributed by atoms with Gasteiger partial charge in [0.15, 0.2) is 5.96 Å². The summed E-state index contributed by atoms with van der Waals surface area (Å²) in [4.78, 5) is 17.8. The number of nitrogens with one attached hydrogen (secondary N) is 2. The second-order valence-electron chi connectivity index (χ2n) is 6.39. The molecule has 138 valence electrons. The van der Waals surface area contributed by atoms with E-state index in [1.54, 1.807) is 14.1 Å². The molecule has 0 bridgehead atoms. The van der Waals surface area contributed by atoms with Crippen molar-refractivity contribution < 1.29 is 9.53 Å². The van der Waals surface area contributed by atoms with Crippen molar-refractivity contribution in [1.82, 2.24) is 15.5 Å². The molecule has 1 heterocycles. The molecular weight excluding hydrogens is 340 g/mol. The summed E-state index contributed by atoms with van der Waals surface area (Å²) in [6.07, 6.45) is 2.33. The number of carbonyl (C=O) groups excluding carboxylic acids is 1. The van der Waals surface area contributed by atoms with Crippen LogP contribution in [0.5, 0.6) is 0 Å². The van der Waals surface area contributed by atoms with Crippen LogP contribution in [0.15, 0.2) is 29.3 Å². The Morgan fingerprint density at radius 3 is 2.72 bits per heavy atom. The first-order valence-electron chi connectivity index (χ1n) is 8.58. The van der Waals surface area contributed by atoms with Gasteiger partial charge in [-0.2, -0.15) is 0 Å². The molecule has 1 aromatic rings. The molecule has 2 N–H and O–H groups in total. The van der Waals surface area contributed by atoms with Crippen LogP contribution < -0.4 is 10.6 Å². The Kier molecular flexibility index (Phi) is 7.52. The third kappa shape index (κ3) is 6.55. The zero-order valence-electron chi connectivity index (χ0n) is 15.1. The number of likely N-dealkylation sites (N-methyl/N-ethyl adjacent to an activating group) is 1. The Labute approximate surface area is 154 Å². The number of guanidine groups is 1. The molecule has 1 saturated heterocycles. The lowest BCUT2D eigenvalue weighted by Crippen LogP contribution is -2.42. The normalized spacial score (nSPS) is 18.7. The van der Waals surface area contributed by atoms with Crippen molar-refractivity contribution in [2.45, 2.75) is 31.9 Å². The van der Waals surface area contributed by atoms with Crippen molar-refractivity contribution in [2.24, 2.45) is 4.99 Å². The van der Waals surface area contributed by atoms with Crippen LogP contribution in [0.4, 0.5) is 0 Å². The van der Waals surface area contributed by atoms with Crippen molar-refractivity contribution >= 4 is 23.5 Å². The first-order chi connectivity index (χ1) is 12.0. The molecule has 0 aromatic heterocycles. The number of aliphatic imine (C=N–C) groups is 1. The molecule has 1 fully saturated rings. The van der Waals surface area contributed by atoms with Crippen LogP contribution in [0, 0.1) is 0 Å². The zero-order valence-corrected chi connectivity index (χ0v) is 15.8. The number of hydrogen-bond acceptors (Lipinski definition) is 3. The number of ether oxygens (including phenoxy) is 1. The van der Waals surface area contributed by atoms with Crippen LogP contribution in [-0.2, 0) is 9.53 Å². The molecule has 1 aliphatic rings. The summed E-state index contributed by atoms with van der Waals surface area (Å²) in [7, 11) is 3.45. The van der Waals surface area contributed by atoms with Gasteiger partial charge >= 0.3 is 0 Å². The standard InChI is InChI=1S/C18H27ClN4O2/c1-13(14-6-8-15(19)9-7-14)22-18(21-12-17(24)23(2)3)20-11-16-5-4-10-25-16/h6-9,13,16H,4-5,10-12H2,1-3H3,(H2,20,21,22). The first kappa shape index (κ1) is 19.5. The van der Waals surface area contributed by atoms with Gasteiger partial charge in [0.1, 0.15) is 6.54 Å². The van der Waals surface area contributed by atoms with Crippen molar-refractivity contribution in [3.05, 3.63) is 34.9 Å². The minimum atomic E-state index is -0.0441. The van der Waals surface area contributed by atoms with E-state index in [1.807, 2.05) is 31.2 Å². The van der Waals surface area contributed by atoms with Crippen molar-refractivity contribution in [3.8, 4) is 0 Å². The molecular formula is C18H27ClN4O2. The van der Waals surface area contributed by atoms with Crippen molar-refractivity contribution in [3.63, 3.8) is 0 Å². The molecule has 0 aliphatic carbocycles. The fourth-order valence-corrected chi connectivity index (χ4v) is 2.62. The third-order valence-electron chi connectivity index (χ3n) is 4.12. The Bertz CT molecular complexity index is 583. The van der Waals surface area contributed by atoms with E-state index in [1.165, 1.54) is 4.90 Å². The van der Waals surface area contributed by atoms with Gasteiger partial charge in [0.05, 0.1) is 12.1 Å². The summed E-state index contributed by atoms with van der Waals surface area (Å²) in [5.41, 5.74) is 1.09. The molecule has 2 rings (SSSR count). The van der Waals surface area contributed by atoms with E-state index in [0.29, 0.717) is 17.5 Å². The van der Waals surface area contributed by atoms with E-state index < -0.39 is 0 Å². The summed E-state index contributed by atoms with van der Waals surface area (Å²) < 4.78 is 5.63. The van der Waals surface area contributed by atoms with E-state index in [9.17, 15) is 4.79 Å². The maximum atomic E-state index is 11.8. The Balaban J connectivity index is 1.99. The lowest BCUT2D eigenvalue weighted by Gasteiger charge is -2.20. The van der Waals surface area contributed by atoms with Gasteiger partial charge in [-0.25, -0.2) is 4.99 Å². The molecule has 1 aromatic carbocycles. The number of nitrogens with zero attached hydrogens (tertiary/aromatic N) is 2. The molecule has 6 nitrogen and oxygen atoms in total. The van der Waals surface area contributed by atoms with Gasteiger partial charge in [0, 0.05) is 32.3 Å². The molecule has 1 amide bonds. The Morgan fingerprint density at radius 1 is 1.40 bits per heavy atom. The summed E-state index contributed by atoms with van der Waals surface area (Å²) in [5, 5.41) is 7.33. The van der Waals surface area contributed by atoms with Crippen LogP contribution in [0.3, 0.4) is 0 Å². The van der Waals surface area contributed by atoms with Gasteiger partial charge in [0.2, 0.25) is 5.91 Å². The molecule has 7 heteroatoms. The molecule has 2 atom stereocenters. The second-order valence-corrected chi connectivity index (χ2v) is 6.82. The lowest BCUT2D eigenvalue weighted by atomic mass is 10.1. The van der Waals surface area contributed by atoms with Crippen molar-refractivity contribution in [1.29, 1.82) is 0 Å². The van der Waals surface area contributed by atoms with E-state index >= 15 is 0 Å². The fourth-order valence-electron chi connectivity index (χ4n) is 2.50. The number of benzene rings is 1. The number of carbonyl (C=O) groups is 1. The van der Waals surface area contributed by atoms with Crippen LogP contribution in [0.25, 0.3) is 0 Å². The SMILES string of the molecule is CC(NC(=NCC(=O)N(C)C)NCC1CCCO1)c1ccc(Cl)cc1. The fraction of sp³-hybridized carbons (Fsp3) is 0.556. The van der Waals surface area contributed by atoms with Gasteiger partial charge in [0.25, 0.3) is 0 Å². The molecule has 2 unspecified atom stereocenters. The monoisotopic (exact) mass is 366 g/mol. The highest BCUT2D eigenvalue weighted by Gasteiger charge is 2.17. The third-order valence-corrected chi connectivity index (χ3v) is 4.37. The van der Waals surface area contributed by atoms with Crippen LogP contribution >= 0.6 is 11.6 Å². The average molecular weight is 367 g/mol. The Hall–Kier alpha value is -1.79. The number of halogens is 1. The van der Waals surface area contributed by atoms with E-state index in [4.69, 9.17) is 16.3 Å². The van der Waals surface area contributed by atoms with Gasteiger partial charge in [-0.05, 0) is 37.5 Å². The Morgan fingerprint density at radius 2 is 2.12 bits per heavy atom. The van der Waals surface area contributed by atoms with E-state index in [0.717, 1.165) is 25.0 Å². The summed E-state index contributed by atoms with van der Waals surface area (Å²) in [6.45, 7) is 3.63. The highest BCUT2D eigenvalue weighted by Crippen LogP contribution is 2.16. The maximum Gasteiger partial charge on any atom is 0.243 e. The van der Waals surface area contributed by atoms with Crippen molar-refractivity contribution in [2.75, 3.05) is 33.8 Å². The molecule has 1 aliphatic heterocycles. The zero-order chi connectivity index (χ0) is 18.2. The predicted molar refractivity (Wildman–Crippen MR) is 101 cm³/mol. The van der Waals surface area contributed by atoms with Gasteiger partial charge < -0.3 is 20.3 Å². The summed E-state index contributed by atoms with van der Waals surface area (Å²) >= 11 is 5.95. The molecule has 25 heavy (non-hydrogen) atoms. The smallest absolute Gasteiger partial charge is 0.243 e. The summed E-state index contributed by atoms with van der Waals surface area (Å²) in [6, 6.07) is 7.70. The van der Waals surface area contributed by atoms with E-state index in [-0.39, 0.29) is 24.6 Å². The lowest BCUT2D eigenvalue weighted by molar-refractivity contribution is -0.127. The summed E-state index contributed by atoms with van der Waals surface area (Å²) in [5.74, 6) is 0.561. The van der Waals surface area contributed by atoms with E-state index in [2.05, 4.69) is 15.6 Å². The molecule has 0 radical (unpaired) electrons. The largest absolute Gasteiger partial charge is 0.376 e. The number of amides is 1. The second kappa shape index (κ2) is 9.63. The first-order valence-corrected chi connectivity index (χ1v) is 8.95. The quantitative estimate of drug-likeness (QED) is 0.598. The highest BCUT2D eigenvalue weighted by molar-refractivity contribution is 6.30.